The van der Waals surface area contributed by atoms with E-state index in [0.717, 1.165) is 18.8 Å². The quantitative estimate of drug-likeness (QED) is 0.848. The third-order valence-corrected chi connectivity index (χ3v) is 6.59. The van der Waals surface area contributed by atoms with Crippen LogP contribution in [0.1, 0.15) is 20.3 Å². The molecular formula is C17H26N2O3S. The summed E-state index contributed by atoms with van der Waals surface area (Å²) < 4.78 is 32.0. The van der Waals surface area contributed by atoms with Gasteiger partial charge in [-0.05, 0) is 42.5 Å². The molecule has 5 nitrogen and oxygen atoms in total. The molecule has 2 aliphatic heterocycles. The van der Waals surface area contributed by atoms with Crippen LogP contribution in [0.2, 0.25) is 0 Å². The number of morpholine rings is 1. The summed E-state index contributed by atoms with van der Waals surface area (Å²) in [7, 11) is -3.40. The maximum Gasteiger partial charge on any atom is 0.243 e. The molecule has 0 saturated carbocycles. The minimum Gasteiger partial charge on any atom is -0.379 e. The van der Waals surface area contributed by atoms with Gasteiger partial charge in [0.05, 0.1) is 18.1 Å². The van der Waals surface area contributed by atoms with Crippen LogP contribution in [0, 0.1) is 11.8 Å². The first-order valence-electron chi connectivity index (χ1n) is 8.39. The zero-order valence-electron chi connectivity index (χ0n) is 13.9. The summed E-state index contributed by atoms with van der Waals surface area (Å²) in [6.07, 6.45) is 1.26. The van der Waals surface area contributed by atoms with Gasteiger partial charge in [0.15, 0.2) is 0 Å². The molecule has 3 rings (SSSR count). The first-order valence-corrected chi connectivity index (χ1v) is 9.84. The van der Waals surface area contributed by atoms with Gasteiger partial charge < -0.3 is 9.64 Å². The van der Waals surface area contributed by atoms with Crippen molar-refractivity contribution in [2.24, 2.45) is 11.8 Å². The molecule has 1 aromatic rings. The predicted octanol–water partition coefficient (Wildman–Crippen LogP) is 2.19. The lowest BCUT2D eigenvalue weighted by Crippen LogP contribution is -2.40. The van der Waals surface area contributed by atoms with Crippen LogP contribution in [-0.4, -0.2) is 52.1 Å². The molecule has 0 spiro atoms. The highest BCUT2D eigenvalue weighted by Crippen LogP contribution is 2.27. The van der Waals surface area contributed by atoms with Crippen molar-refractivity contribution in [3.8, 4) is 0 Å². The van der Waals surface area contributed by atoms with Crippen molar-refractivity contribution >= 4 is 15.7 Å². The van der Waals surface area contributed by atoms with E-state index in [1.54, 1.807) is 12.1 Å². The Balaban J connectivity index is 1.76. The van der Waals surface area contributed by atoms with Gasteiger partial charge >= 0.3 is 0 Å². The molecule has 0 aromatic heterocycles. The van der Waals surface area contributed by atoms with Gasteiger partial charge in [-0.1, -0.05) is 13.8 Å². The maximum atomic E-state index is 12.6. The standard InChI is InChI=1S/C17H26N2O3S/c1-14-11-15(2)13-18(12-14)16-3-5-17(6-4-16)23(20,21)19-7-9-22-10-8-19/h3-6,14-15H,7-13H2,1-2H3/t14-,15-/m1/s1. The SMILES string of the molecule is C[C@@H]1C[C@@H](C)CN(c2ccc(S(=O)(=O)N3CCOCC3)cc2)C1. The number of rotatable bonds is 3. The number of nitrogens with zero attached hydrogens (tertiary/aromatic N) is 2. The molecule has 1 aromatic carbocycles. The second kappa shape index (κ2) is 6.79. The highest BCUT2D eigenvalue weighted by atomic mass is 32.2. The molecule has 0 N–H and O–H groups in total. The summed E-state index contributed by atoms with van der Waals surface area (Å²) in [5, 5.41) is 0. The average Bonchev–Trinajstić information content (AvgIpc) is 2.55. The average molecular weight is 338 g/mol. The molecule has 2 aliphatic rings. The van der Waals surface area contributed by atoms with E-state index in [9.17, 15) is 8.42 Å². The van der Waals surface area contributed by atoms with Gasteiger partial charge in [-0.25, -0.2) is 8.42 Å². The summed E-state index contributed by atoms with van der Waals surface area (Å²) in [6.45, 7) is 8.46. The lowest BCUT2D eigenvalue weighted by molar-refractivity contribution is 0.0730. The molecule has 2 saturated heterocycles. The van der Waals surface area contributed by atoms with Gasteiger partial charge in [-0.3, -0.25) is 0 Å². The first-order chi connectivity index (χ1) is 11.0. The molecule has 2 fully saturated rings. The van der Waals surface area contributed by atoms with Crippen molar-refractivity contribution in [2.45, 2.75) is 25.2 Å². The first kappa shape index (κ1) is 16.7. The maximum absolute atomic E-state index is 12.6. The van der Waals surface area contributed by atoms with Crippen LogP contribution >= 0.6 is 0 Å². The molecule has 0 bridgehead atoms. The third-order valence-electron chi connectivity index (χ3n) is 4.68. The predicted molar refractivity (Wildman–Crippen MR) is 91.2 cm³/mol. The third kappa shape index (κ3) is 3.70. The minimum absolute atomic E-state index is 0.376. The molecule has 6 heteroatoms. The van der Waals surface area contributed by atoms with E-state index in [1.165, 1.54) is 10.7 Å². The van der Waals surface area contributed by atoms with Gasteiger partial charge in [0, 0.05) is 31.9 Å². The number of anilines is 1. The monoisotopic (exact) mass is 338 g/mol. The molecule has 0 amide bonds. The van der Waals surface area contributed by atoms with Crippen LogP contribution in [0.5, 0.6) is 0 Å². The molecular weight excluding hydrogens is 312 g/mol. The largest absolute Gasteiger partial charge is 0.379 e. The van der Waals surface area contributed by atoms with E-state index in [4.69, 9.17) is 4.74 Å². The zero-order chi connectivity index (χ0) is 16.4. The number of hydrogen-bond donors (Lipinski definition) is 0. The van der Waals surface area contributed by atoms with Crippen LogP contribution in [0.3, 0.4) is 0 Å². The Morgan fingerprint density at radius 3 is 2.13 bits per heavy atom. The van der Waals surface area contributed by atoms with Gasteiger partial charge in [-0.15, -0.1) is 0 Å². The van der Waals surface area contributed by atoms with E-state index >= 15 is 0 Å². The number of hydrogen-bond acceptors (Lipinski definition) is 4. The molecule has 0 radical (unpaired) electrons. The summed E-state index contributed by atoms with van der Waals surface area (Å²) in [5.41, 5.74) is 1.12. The van der Waals surface area contributed by atoms with Crippen molar-refractivity contribution in [3.63, 3.8) is 0 Å². The minimum atomic E-state index is -3.40. The van der Waals surface area contributed by atoms with Crippen molar-refractivity contribution in [1.82, 2.24) is 4.31 Å². The fourth-order valence-corrected chi connectivity index (χ4v) is 5.05. The van der Waals surface area contributed by atoms with Crippen molar-refractivity contribution in [1.29, 1.82) is 0 Å². The van der Waals surface area contributed by atoms with Crippen molar-refractivity contribution in [2.75, 3.05) is 44.3 Å². The lowest BCUT2D eigenvalue weighted by atomic mass is 9.91. The highest BCUT2D eigenvalue weighted by molar-refractivity contribution is 7.89. The van der Waals surface area contributed by atoms with Crippen molar-refractivity contribution in [3.05, 3.63) is 24.3 Å². The summed E-state index contributed by atoms with van der Waals surface area (Å²) in [4.78, 5) is 2.74. The topological polar surface area (TPSA) is 49.9 Å². The fourth-order valence-electron chi connectivity index (χ4n) is 3.64. The summed E-state index contributed by atoms with van der Waals surface area (Å²) >= 11 is 0. The number of benzene rings is 1. The van der Waals surface area contributed by atoms with Crippen LogP contribution in [-0.2, 0) is 14.8 Å². The second-order valence-corrected chi connectivity index (χ2v) is 8.80. The van der Waals surface area contributed by atoms with E-state index in [-0.39, 0.29) is 0 Å². The Labute approximate surface area is 139 Å². The Morgan fingerprint density at radius 2 is 1.57 bits per heavy atom. The number of sulfonamides is 1. The van der Waals surface area contributed by atoms with Crippen LogP contribution in [0.15, 0.2) is 29.2 Å². The Kier molecular flexibility index (Phi) is 4.94. The Hall–Kier alpha value is -1.11. The number of piperidine rings is 1. The van der Waals surface area contributed by atoms with E-state index in [0.29, 0.717) is 43.0 Å². The summed E-state index contributed by atoms with van der Waals surface area (Å²) in [6, 6.07) is 7.37. The van der Waals surface area contributed by atoms with Gasteiger partial charge in [0.2, 0.25) is 10.0 Å². The Bertz CT molecular complexity index is 614. The molecule has 23 heavy (non-hydrogen) atoms. The number of ether oxygens (including phenoxy) is 1. The fraction of sp³-hybridized carbons (Fsp3) is 0.647. The van der Waals surface area contributed by atoms with Gasteiger partial charge in [-0.2, -0.15) is 4.31 Å². The molecule has 128 valence electrons. The van der Waals surface area contributed by atoms with Crippen LogP contribution in [0.4, 0.5) is 5.69 Å². The Morgan fingerprint density at radius 1 is 1.00 bits per heavy atom. The zero-order valence-corrected chi connectivity index (χ0v) is 14.8. The van der Waals surface area contributed by atoms with Gasteiger partial charge in [0.25, 0.3) is 0 Å². The molecule has 0 aliphatic carbocycles. The molecule has 2 heterocycles. The van der Waals surface area contributed by atoms with Crippen LogP contribution in [0.25, 0.3) is 0 Å². The van der Waals surface area contributed by atoms with Crippen LogP contribution < -0.4 is 4.90 Å². The van der Waals surface area contributed by atoms with E-state index < -0.39 is 10.0 Å². The van der Waals surface area contributed by atoms with E-state index in [2.05, 4.69) is 18.7 Å². The van der Waals surface area contributed by atoms with E-state index in [1.807, 2.05) is 12.1 Å². The molecule has 2 atom stereocenters. The second-order valence-electron chi connectivity index (χ2n) is 6.86. The smallest absolute Gasteiger partial charge is 0.243 e. The van der Waals surface area contributed by atoms with Gasteiger partial charge in [0.1, 0.15) is 0 Å². The normalized spacial score (nSPS) is 27.1. The molecule has 0 unspecified atom stereocenters. The lowest BCUT2D eigenvalue weighted by Gasteiger charge is -2.36. The van der Waals surface area contributed by atoms with Crippen molar-refractivity contribution < 1.29 is 13.2 Å². The summed E-state index contributed by atoms with van der Waals surface area (Å²) in [5.74, 6) is 1.35. The highest BCUT2D eigenvalue weighted by Gasteiger charge is 2.27.